The van der Waals surface area contributed by atoms with Crippen molar-refractivity contribution in [1.29, 1.82) is 0 Å². The Labute approximate surface area is 141 Å². The number of amides is 1. The number of guanidine groups is 1. The number of carbonyl (C=O) groups is 1. The van der Waals surface area contributed by atoms with Crippen LogP contribution in [0.3, 0.4) is 0 Å². The highest BCUT2D eigenvalue weighted by Crippen LogP contribution is 2.28. The molecule has 0 aromatic heterocycles. The summed E-state index contributed by atoms with van der Waals surface area (Å²) in [4.78, 5) is 17.4. The van der Waals surface area contributed by atoms with E-state index in [1.165, 1.54) is 69.1 Å². The number of nitrogens with two attached hydrogens (primary N) is 1. The molecule has 0 saturated heterocycles. The molecule has 1 unspecified atom stereocenters. The van der Waals surface area contributed by atoms with Gasteiger partial charge in [-0.05, 0) is 24.7 Å². The Hall–Kier alpha value is -1.06. The van der Waals surface area contributed by atoms with Crippen LogP contribution in [-0.4, -0.2) is 29.9 Å². The van der Waals surface area contributed by atoms with E-state index in [1.807, 2.05) is 0 Å². The fourth-order valence-electron chi connectivity index (χ4n) is 4.00. The molecule has 1 atom stereocenters. The molecule has 4 nitrogen and oxygen atoms in total. The second-order valence-electron chi connectivity index (χ2n) is 7.72. The van der Waals surface area contributed by atoms with Crippen LogP contribution in [0, 0.1) is 11.8 Å². The van der Waals surface area contributed by atoms with Gasteiger partial charge in [-0.25, -0.2) is 4.99 Å². The third-order valence-electron chi connectivity index (χ3n) is 5.71. The van der Waals surface area contributed by atoms with Crippen molar-refractivity contribution < 1.29 is 4.79 Å². The van der Waals surface area contributed by atoms with Gasteiger partial charge in [-0.1, -0.05) is 71.1 Å². The number of hydrogen-bond acceptors (Lipinski definition) is 3. The van der Waals surface area contributed by atoms with E-state index < -0.39 is 0 Å². The predicted octanol–water partition coefficient (Wildman–Crippen LogP) is 4.09. The third kappa shape index (κ3) is 5.82. The molecule has 1 amide bonds. The smallest absolute Gasteiger partial charge is 0.253 e. The number of likely N-dealkylation sites (N-methyl/N-ethyl adjacent to an activating group) is 1. The zero-order valence-corrected chi connectivity index (χ0v) is 15.1. The Morgan fingerprint density at radius 3 is 2.00 bits per heavy atom. The zero-order valence-electron chi connectivity index (χ0n) is 15.1. The lowest BCUT2D eigenvalue weighted by molar-refractivity contribution is -0.126. The number of hydrogen-bond donors (Lipinski definition) is 1. The van der Waals surface area contributed by atoms with Gasteiger partial charge in [-0.15, -0.1) is 0 Å². The molecule has 0 aromatic rings. The lowest BCUT2D eigenvalue weighted by atomic mass is 9.85. The molecule has 2 fully saturated rings. The fourth-order valence-corrected chi connectivity index (χ4v) is 4.00. The molecule has 132 valence electrons. The molecular weight excluding hydrogens is 286 g/mol. The molecule has 2 saturated carbocycles. The monoisotopic (exact) mass is 321 g/mol. The molecule has 23 heavy (non-hydrogen) atoms. The molecule has 1 aliphatic heterocycles. The Kier molecular flexibility index (Phi) is 7.38. The standard InChI is InChI=1S/C12H21N3O.C7H14/c1-15-11(16)10(14-12(15)13)8-7-9-5-3-2-4-6-9;1-7-5-3-2-4-6-7/h9-10H,2-8H2,1H3,(H2,13,14);7H,2-6H2,1H3. The van der Waals surface area contributed by atoms with Gasteiger partial charge in [0, 0.05) is 7.05 Å². The van der Waals surface area contributed by atoms with Crippen molar-refractivity contribution in [3.63, 3.8) is 0 Å². The number of rotatable bonds is 3. The first kappa shape index (κ1) is 18.3. The predicted molar refractivity (Wildman–Crippen MR) is 96.2 cm³/mol. The molecule has 4 heteroatoms. The van der Waals surface area contributed by atoms with E-state index >= 15 is 0 Å². The second-order valence-corrected chi connectivity index (χ2v) is 7.72. The van der Waals surface area contributed by atoms with Crippen molar-refractivity contribution in [2.75, 3.05) is 7.05 Å². The number of aliphatic imine (C=N–C) groups is 1. The maximum atomic E-state index is 11.7. The maximum absolute atomic E-state index is 11.7. The summed E-state index contributed by atoms with van der Waals surface area (Å²) < 4.78 is 0. The lowest BCUT2D eigenvalue weighted by Crippen LogP contribution is -2.35. The van der Waals surface area contributed by atoms with Gasteiger partial charge in [0.2, 0.25) is 0 Å². The summed E-state index contributed by atoms with van der Waals surface area (Å²) in [5.41, 5.74) is 5.62. The van der Waals surface area contributed by atoms with Crippen LogP contribution in [-0.2, 0) is 4.79 Å². The second kappa shape index (κ2) is 9.29. The largest absolute Gasteiger partial charge is 0.369 e. The van der Waals surface area contributed by atoms with Crippen LogP contribution in [0.2, 0.25) is 0 Å². The number of nitrogens with zero attached hydrogens (tertiary/aromatic N) is 2. The van der Waals surface area contributed by atoms with Gasteiger partial charge in [0.1, 0.15) is 6.04 Å². The first-order valence-electron chi connectivity index (χ1n) is 9.68. The average molecular weight is 322 g/mol. The fraction of sp³-hybridized carbons (Fsp3) is 0.895. The van der Waals surface area contributed by atoms with Crippen molar-refractivity contribution in [1.82, 2.24) is 4.90 Å². The summed E-state index contributed by atoms with van der Waals surface area (Å²) in [5.74, 6) is 2.28. The average Bonchev–Trinajstić information content (AvgIpc) is 2.82. The van der Waals surface area contributed by atoms with Crippen molar-refractivity contribution in [3.8, 4) is 0 Å². The van der Waals surface area contributed by atoms with E-state index in [2.05, 4.69) is 11.9 Å². The normalized spacial score (nSPS) is 26.7. The zero-order chi connectivity index (χ0) is 16.7. The van der Waals surface area contributed by atoms with Gasteiger partial charge in [-0.2, -0.15) is 0 Å². The van der Waals surface area contributed by atoms with E-state index in [0.29, 0.717) is 5.96 Å². The molecule has 2 aliphatic carbocycles. The van der Waals surface area contributed by atoms with Crippen molar-refractivity contribution in [3.05, 3.63) is 0 Å². The van der Waals surface area contributed by atoms with E-state index in [0.717, 1.165) is 24.7 Å². The van der Waals surface area contributed by atoms with Gasteiger partial charge < -0.3 is 5.73 Å². The molecule has 3 rings (SSSR count). The van der Waals surface area contributed by atoms with E-state index in [-0.39, 0.29) is 11.9 Å². The minimum Gasteiger partial charge on any atom is -0.369 e. The summed E-state index contributed by atoms with van der Waals surface area (Å²) >= 11 is 0. The van der Waals surface area contributed by atoms with Crippen molar-refractivity contribution in [2.45, 2.75) is 90.0 Å². The highest BCUT2D eigenvalue weighted by molar-refractivity contribution is 6.03. The molecule has 0 spiro atoms. The molecule has 0 aromatic carbocycles. The van der Waals surface area contributed by atoms with Crippen LogP contribution in [0.25, 0.3) is 0 Å². The molecular formula is C19H35N3O. The topological polar surface area (TPSA) is 58.7 Å². The van der Waals surface area contributed by atoms with Gasteiger partial charge in [0.25, 0.3) is 5.91 Å². The van der Waals surface area contributed by atoms with E-state index in [4.69, 9.17) is 5.73 Å². The van der Waals surface area contributed by atoms with Gasteiger partial charge in [-0.3, -0.25) is 9.69 Å². The van der Waals surface area contributed by atoms with Crippen LogP contribution in [0.15, 0.2) is 4.99 Å². The van der Waals surface area contributed by atoms with Gasteiger partial charge in [0.05, 0.1) is 0 Å². The van der Waals surface area contributed by atoms with Crippen LogP contribution in [0.4, 0.5) is 0 Å². The van der Waals surface area contributed by atoms with E-state index in [9.17, 15) is 4.79 Å². The molecule has 0 radical (unpaired) electrons. The quantitative estimate of drug-likeness (QED) is 0.851. The van der Waals surface area contributed by atoms with Gasteiger partial charge >= 0.3 is 0 Å². The Balaban J connectivity index is 0.000000229. The maximum Gasteiger partial charge on any atom is 0.253 e. The molecule has 3 aliphatic rings. The SMILES string of the molecule is CC1CCCCC1.CN1C(=O)C(CCC2CCCCC2)N=C1N. The van der Waals surface area contributed by atoms with Crippen molar-refractivity contribution in [2.24, 2.45) is 22.6 Å². The Bertz CT molecular complexity index is 395. The first-order chi connectivity index (χ1) is 11.1. The van der Waals surface area contributed by atoms with Crippen LogP contribution < -0.4 is 5.73 Å². The van der Waals surface area contributed by atoms with Crippen LogP contribution in [0.1, 0.15) is 84.0 Å². The first-order valence-corrected chi connectivity index (χ1v) is 9.68. The summed E-state index contributed by atoms with van der Waals surface area (Å²) in [7, 11) is 1.70. The molecule has 0 bridgehead atoms. The summed E-state index contributed by atoms with van der Waals surface area (Å²) in [6, 6.07) is -0.202. The summed E-state index contributed by atoms with van der Waals surface area (Å²) in [6.07, 6.45) is 16.2. The van der Waals surface area contributed by atoms with Crippen molar-refractivity contribution >= 4 is 11.9 Å². The minimum absolute atomic E-state index is 0.0632. The van der Waals surface area contributed by atoms with Crippen LogP contribution >= 0.6 is 0 Å². The Morgan fingerprint density at radius 2 is 1.57 bits per heavy atom. The van der Waals surface area contributed by atoms with Crippen LogP contribution in [0.5, 0.6) is 0 Å². The molecule has 2 N–H and O–H groups in total. The Morgan fingerprint density at radius 1 is 1.00 bits per heavy atom. The summed E-state index contributed by atoms with van der Waals surface area (Å²) in [6.45, 7) is 2.36. The highest BCUT2D eigenvalue weighted by Gasteiger charge is 2.30. The van der Waals surface area contributed by atoms with E-state index in [1.54, 1.807) is 7.05 Å². The number of carbonyl (C=O) groups excluding carboxylic acids is 1. The van der Waals surface area contributed by atoms with Gasteiger partial charge in [0.15, 0.2) is 5.96 Å². The summed E-state index contributed by atoms with van der Waals surface area (Å²) in [5, 5.41) is 0. The lowest BCUT2D eigenvalue weighted by Gasteiger charge is -2.21. The highest BCUT2D eigenvalue weighted by atomic mass is 16.2. The molecule has 1 heterocycles. The third-order valence-corrected chi connectivity index (χ3v) is 5.71. The minimum atomic E-state index is -0.202.